The number of allylic oxidation sites excluding steroid dienone is 1. The molecule has 1 aromatic rings. The lowest BCUT2D eigenvalue weighted by Crippen LogP contribution is -2.42. The van der Waals surface area contributed by atoms with Crippen LogP contribution >= 0.6 is 11.6 Å². The summed E-state index contributed by atoms with van der Waals surface area (Å²) in [4.78, 5) is 30.9. The van der Waals surface area contributed by atoms with Gasteiger partial charge in [-0.3, -0.25) is 4.79 Å². The lowest BCUT2D eigenvalue weighted by atomic mass is 9.84. The molecular weight excluding hydrogens is 344 g/mol. The second-order valence-corrected chi connectivity index (χ2v) is 6.69. The Labute approximate surface area is 151 Å². The number of methoxy groups -OCH3 is 1. The van der Waals surface area contributed by atoms with Gasteiger partial charge in [-0.15, -0.1) is 0 Å². The summed E-state index contributed by atoms with van der Waals surface area (Å²) in [5.41, 5.74) is 1.89. The number of rotatable bonds is 4. The van der Waals surface area contributed by atoms with Crippen molar-refractivity contribution in [2.45, 2.75) is 38.2 Å². The van der Waals surface area contributed by atoms with E-state index in [0.29, 0.717) is 23.0 Å². The van der Waals surface area contributed by atoms with E-state index >= 15 is 0 Å². The standard InChI is InChI=1S/C18H21ClN2O4/c1-11-17(18(23)24-2)14(12-5-6-15(19)20-9-12)8-16(22)21(11)10-13-4-3-7-25-13/h5-6,9,13-14H,3-4,7-8,10H2,1-2H3/t13-,14-/m1/s1. The molecule has 3 rings (SSSR count). The topological polar surface area (TPSA) is 68.7 Å². The molecule has 1 fully saturated rings. The number of aromatic nitrogens is 1. The molecule has 134 valence electrons. The van der Waals surface area contributed by atoms with Crippen LogP contribution in [0.15, 0.2) is 29.6 Å². The van der Waals surface area contributed by atoms with Crippen molar-refractivity contribution in [3.63, 3.8) is 0 Å². The molecule has 0 unspecified atom stereocenters. The molecule has 6 nitrogen and oxygen atoms in total. The zero-order valence-electron chi connectivity index (χ0n) is 14.3. The molecular formula is C18H21ClN2O4. The molecule has 25 heavy (non-hydrogen) atoms. The molecule has 0 aliphatic carbocycles. The van der Waals surface area contributed by atoms with Gasteiger partial charge in [-0.05, 0) is 31.4 Å². The van der Waals surface area contributed by atoms with E-state index in [0.717, 1.165) is 25.0 Å². The highest BCUT2D eigenvalue weighted by Gasteiger charge is 2.38. The van der Waals surface area contributed by atoms with E-state index in [1.54, 1.807) is 30.2 Å². The number of hydrogen-bond donors (Lipinski definition) is 0. The van der Waals surface area contributed by atoms with Crippen molar-refractivity contribution in [2.24, 2.45) is 0 Å². The second-order valence-electron chi connectivity index (χ2n) is 6.30. The molecule has 3 heterocycles. The smallest absolute Gasteiger partial charge is 0.336 e. The van der Waals surface area contributed by atoms with Crippen molar-refractivity contribution in [2.75, 3.05) is 20.3 Å². The maximum absolute atomic E-state index is 12.7. The molecule has 1 saturated heterocycles. The maximum Gasteiger partial charge on any atom is 0.336 e. The van der Waals surface area contributed by atoms with Crippen LogP contribution in [0.4, 0.5) is 0 Å². The summed E-state index contributed by atoms with van der Waals surface area (Å²) < 4.78 is 10.6. The first-order valence-corrected chi connectivity index (χ1v) is 8.71. The van der Waals surface area contributed by atoms with E-state index in [9.17, 15) is 9.59 Å². The largest absolute Gasteiger partial charge is 0.466 e. The van der Waals surface area contributed by atoms with Gasteiger partial charge in [0.1, 0.15) is 5.15 Å². The van der Waals surface area contributed by atoms with Crippen LogP contribution in [-0.4, -0.2) is 48.1 Å². The van der Waals surface area contributed by atoms with E-state index in [2.05, 4.69) is 4.98 Å². The van der Waals surface area contributed by atoms with Crippen molar-refractivity contribution in [1.82, 2.24) is 9.88 Å². The lowest BCUT2D eigenvalue weighted by Gasteiger charge is -2.35. The number of halogens is 1. The highest BCUT2D eigenvalue weighted by molar-refractivity contribution is 6.29. The van der Waals surface area contributed by atoms with Crippen molar-refractivity contribution in [3.05, 3.63) is 40.3 Å². The zero-order valence-corrected chi connectivity index (χ0v) is 15.1. The Morgan fingerprint density at radius 3 is 2.88 bits per heavy atom. The maximum atomic E-state index is 12.7. The van der Waals surface area contributed by atoms with Crippen LogP contribution in [0.25, 0.3) is 0 Å². The Balaban J connectivity index is 1.96. The molecule has 0 N–H and O–H groups in total. The fraction of sp³-hybridized carbons (Fsp3) is 0.500. The van der Waals surface area contributed by atoms with E-state index in [4.69, 9.17) is 21.1 Å². The van der Waals surface area contributed by atoms with Gasteiger partial charge in [0.25, 0.3) is 0 Å². The third kappa shape index (κ3) is 3.70. The number of nitrogens with zero attached hydrogens (tertiary/aromatic N) is 2. The summed E-state index contributed by atoms with van der Waals surface area (Å²) in [5, 5.41) is 0.367. The normalized spacial score (nSPS) is 24.0. The van der Waals surface area contributed by atoms with Crippen LogP contribution in [0.3, 0.4) is 0 Å². The van der Waals surface area contributed by atoms with E-state index in [1.165, 1.54) is 7.11 Å². The van der Waals surface area contributed by atoms with E-state index in [-0.39, 0.29) is 24.3 Å². The van der Waals surface area contributed by atoms with Crippen molar-refractivity contribution < 1.29 is 19.1 Å². The van der Waals surface area contributed by atoms with Gasteiger partial charge in [0.2, 0.25) is 5.91 Å². The summed E-state index contributed by atoms with van der Waals surface area (Å²) >= 11 is 5.85. The molecule has 1 amide bonds. The first-order chi connectivity index (χ1) is 12.0. The van der Waals surface area contributed by atoms with Gasteiger partial charge in [0.15, 0.2) is 0 Å². The Hall–Kier alpha value is -1.92. The first-order valence-electron chi connectivity index (χ1n) is 8.33. The number of hydrogen-bond acceptors (Lipinski definition) is 5. The van der Waals surface area contributed by atoms with E-state index < -0.39 is 5.97 Å². The summed E-state index contributed by atoms with van der Waals surface area (Å²) in [7, 11) is 1.35. The molecule has 0 saturated carbocycles. The van der Waals surface area contributed by atoms with Crippen molar-refractivity contribution in [1.29, 1.82) is 0 Å². The minimum Gasteiger partial charge on any atom is -0.466 e. The lowest BCUT2D eigenvalue weighted by molar-refractivity contribution is -0.138. The summed E-state index contributed by atoms with van der Waals surface area (Å²) in [6.07, 6.45) is 3.74. The molecule has 0 spiro atoms. The molecule has 0 radical (unpaired) electrons. The van der Waals surface area contributed by atoms with Crippen molar-refractivity contribution >= 4 is 23.5 Å². The predicted molar refractivity (Wildman–Crippen MR) is 92.0 cm³/mol. The van der Waals surface area contributed by atoms with Crippen LogP contribution in [0.5, 0.6) is 0 Å². The molecule has 2 atom stereocenters. The molecule has 0 aromatic carbocycles. The SMILES string of the molecule is COC(=O)C1=C(C)N(C[C@H]2CCCO2)C(=O)C[C@@H]1c1ccc(Cl)nc1. The second kappa shape index (κ2) is 7.54. The summed E-state index contributed by atoms with van der Waals surface area (Å²) in [6.45, 7) is 2.98. The quantitative estimate of drug-likeness (QED) is 0.607. The monoisotopic (exact) mass is 364 g/mol. The highest BCUT2D eigenvalue weighted by atomic mass is 35.5. The minimum absolute atomic E-state index is 0.0199. The number of pyridine rings is 1. The third-order valence-electron chi connectivity index (χ3n) is 4.79. The van der Waals surface area contributed by atoms with Crippen LogP contribution in [-0.2, 0) is 19.1 Å². The third-order valence-corrected chi connectivity index (χ3v) is 5.01. The van der Waals surface area contributed by atoms with Gasteiger partial charge in [0.05, 0.1) is 25.3 Å². The molecule has 1 aromatic heterocycles. The van der Waals surface area contributed by atoms with Crippen LogP contribution in [0.1, 0.15) is 37.7 Å². The number of ether oxygens (including phenoxy) is 2. The Bertz CT molecular complexity index is 696. The Kier molecular flexibility index (Phi) is 5.39. The minimum atomic E-state index is -0.428. The number of carbonyl (C=O) groups excluding carboxylic acids is 2. The predicted octanol–water partition coefficient (Wildman–Crippen LogP) is 2.68. The number of esters is 1. The molecule has 2 aliphatic rings. The molecule has 7 heteroatoms. The van der Waals surface area contributed by atoms with Gasteiger partial charge in [-0.2, -0.15) is 0 Å². The first kappa shape index (κ1) is 17.9. The number of amides is 1. The fourth-order valence-electron chi connectivity index (χ4n) is 3.48. The average Bonchev–Trinajstić information content (AvgIpc) is 3.11. The molecule has 0 bridgehead atoms. The van der Waals surface area contributed by atoms with Gasteiger partial charge in [-0.1, -0.05) is 17.7 Å². The van der Waals surface area contributed by atoms with Crippen LogP contribution < -0.4 is 0 Å². The van der Waals surface area contributed by atoms with Crippen molar-refractivity contribution in [3.8, 4) is 0 Å². The zero-order chi connectivity index (χ0) is 18.0. The summed E-state index contributed by atoms with van der Waals surface area (Å²) in [5.74, 6) is -0.839. The van der Waals surface area contributed by atoms with Gasteiger partial charge >= 0.3 is 5.97 Å². The van der Waals surface area contributed by atoms with Gasteiger partial charge in [-0.25, -0.2) is 9.78 Å². The Morgan fingerprint density at radius 2 is 2.28 bits per heavy atom. The van der Waals surface area contributed by atoms with Crippen LogP contribution in [0, 0.1) is 0 Å². The highest BCUT2D eigenvalue weighted by Crippen LogP contribution is 2.37. The van der Waals surface area contributed by atoms with E-state index in [1.807, 2.05) is 0 Å². The summed E-state index contributed by atoms with van der Waals surface area (Å²) in [6, 6.07) is 3.45. The van der Waals surface area contributed by atoms with Gasteiger partial charge in [0, 0.05) is 30.8 Å². The fourth-order valence-corrected chi connectivity index (χ4v) is 3.59. The average molecular weight is 365 g/mol. The number of carbonyl (C=O) groups is 2. The van der Waals surface area contributed by atoms with Gasteiger partial charge < -0.3 is 14.4 Å². The molecule has 2 aliphatic heterocycles. The Morgan fingerprint density at radius 1 is 1.48 bits per heavy atom. The van der Waals surface area contributed by atoms with Crippen LogP contribution in [0.2, 0.25) is 5.15 Å².